The number of nitrogens with one attached hydrogen (secondary N) is 1. The Morgan fingerprint density at radius 2 is 2.10 bits per heavy atom. The van der Waals surface area contributed by atoms with Crippen molar-refractivity contribution in [2.75, 3.05) is 11.9 Å². The van der Waals surface area contributed by atoms with Gasteiger partial charge in [0.2, 0.25) is 0 Å². The van der Waals surface area contributed by atoms with E-state index in [1.165, 1.54) is 11.3 Å². The van der Waals surface area contributed by atoms with Gasteiger partial charge in [0.15, 0.2) is 5.84 Å². The van der Waals surface area contributed by atoms with Crippen molar-refractivity contribution in [3.05, 3.63) is 46.7 Å². The number of thiophene rings is 1. The normalized spacial score (nSPS) is 11.1. The van der Waals surface area contributed by atoms with Crippen LogP contribution in [0.4, 0.5) is 5.69 Å². The molecule has 0 saturated heterocycles. The molecule has 0 atom stereocenters. The maximum Gasteiger partial charge on any atom is 0.265 e. The van der Waals surface area contributed by atoms with Gasteiger partial charge >= 0.3 is 0 Å². The third-order valence-corrected chi connectivity index (χ3v) is 3.24. The van der Waals surface area contributed by atoms with Crippen molar-refractivity contribution >= 4 is 28.8 Å². The lowest BCUT2D eigenvalue weighted by atomic mass is 10.3. The molecule has 1 amide bonds. The van der Waals surface area contributed by atoms with E-state index in [9.17, 15) is 4.79 Å². The van der Waals surface area contributed by atoms with Crippen LogP contribution in [0.5, 0.6) is 5.75 Å². The van der Waals surface area contributed by atoms with Gasteiger partial charge in [0.25, 0.3) is 5.91 Å². The molecule has 20 heavy (non-hydrogen) atoms. The van der Waals surface area contributed by atoms with E-state index in [2.05, 4.69) is 10.5 Å². The number of hydrogen-bond donors (Lipinski definition) is 3. The Balaban J connectivity index is 1.93. The first-order valence-corrected chi connectivity index (χ1v) is 6.61. The van der Waals surface area contributed by atoms with Crippen molar-refractivity contribution in [3.63, 3.8) is 0 Å². The molecule has 0 aliphatic heterocycles. The molecule has 0 saturated carbocycles. The van der Waals surface area contributed by atoms with Crippen LogP contribution >= 0.6 is 11.3 Å². The first-order chi connectivity index (χ1) is 9.69. The van der Waals surface area contributed by atoms with Gasteiger partial charge in [-0.1, -0.05) is 11.2 Å². The summed E-state index contributed by atoms with van der Waals surface area (Å²) < 4.78 is 5.26. The molecule has 6 nitrogen and oxygen atoms in total. The maximum atomic E-state index is 11.8. The van der Waals surface area contributed by atoms with E-state index in [-0.39, 0.29) is 18.3 Å². The minimum Gasteiger partial charge on any atom is -0.486 e. The summed E-state index contributed by atoms with van der Waals surface area (Å²) in [7, 11) is 0. The number of carbonyl (C=O) groups excluding carboxylic acids is 1. The predicted molar refractivity (Wildman–Crippen MR) is 77.6 cm³/mol. The zero-order valence-corrected chi connectivity index (χ0v) is 11.3. The smallest absolute Gasteiger partial charge is 0.265 e. The Labute approximate surface area is 119 Å². The van der Waals surface area contributed by atoms with E-state index in [1.54, 1.807) is 30.3 Å². The van der Waals surface area contributed by atoms with Gasteiger partial charge in [0.1, 0.15) is 12.4 Å². The van der Waals surface area contributed by atoms with Crippen molar-refractivity contribution in [1.82, 2.24) is 0 Å². The van der Waals surface area contributed by atoms with E-state index in [0.717, 1.165) is 0 Å². The predicted octanol–water partition coefficient (Wildman–Crippen LogP) is 2.13. The van der Waals surface area contributed by atoms with Crippen LogP contribution in [0, 0.1) is 0 Å². The number of nitrogens with two attached hydrogens (primary N) is 1. The molecule has 0 radical (unpaired) electrons. The number of benzene rings is 1. The zero-order chi connectivity index (χ0) is 14.4. The maximum absolute atomic E-state index is 11.8. The number of anilines is 1. The quantitative estimate of drug-likeness (QED) is 0.340. The van der Waals surface area contributed by atoms with Crippen LogP contribution in [0.25, 0.3) is 0 Å². The molecule has 0 unspecified atom stereocenters. The van der Waals surface area contributed by atoms with Crippen LogP contribution in [-0.4, -0.2) is 23.6 Å². The monoisotopic (exact) mass is 291 g/mol. The van der Waals surface area contributed by atoms with E-state index in [1.807, 2.05) is 11.4 Å². The van der Waals surface area contributed by atoms with Crippen molar-refractivity contribution in [1.29, 1.82) is 0 Å². The highest BCUT2D eigenvalue weighted by molar-refractivity contribution is 7.12. The molecular weight excluding hydrogens is 278 g/mol. The number of carbonyl (C=O) groups is 1. The Morgan fingerprint density at radius 1 is 1.35 bits per heavy atom. The number of oxime groups is 1. The van der Waals surface area contributed by atoms with Gasteiger partial charge in [-0.2, -0.15) is 0 Å². The second-order valence-electron chi connectivity index (χ2n) is 3.84. The fraction of sp³-hybridized carbons (Fsp3) is 0.0769. The topological polar surface area (TPSA) is 96.9 Å². The minimum atomic E-state index is -0.148. The van der Waals surface area contributed by atoms with Crippen LogP contribution in [0.15, 0.2) is 46.9 Å². The Hall–Kier alpha value is -2.54. The van der Waals surface area contributed by atoms with E-state index < -0.39 is 0 Å². The number of hydrogen-bond acceptors (Lipinski definition) is 5. The highest BCUT2D eigenvalue weighted by atomic mass is 32.1. The summed E-state index contributed by atoms with van der Waals surface area (Å²) in [5, 5.41) is 15.8. The summed E-state index contributed by atoms with van der Waals surface area (Å²) in [5.74, 6) is 0.399. The molecular formula is C13H13N3O3S. The summed E-state index contributed by atoms with van der Waals surface area (Å²) >= 11 is 1.38. The number of rotatable bonds is 5. The second-order valence-corrected chi connectivity index (χ2v) is 4.78. The van der Waals surface area contributed by atoms with Crippen molar-refractivity contribution in [2.24, 2.45) is 10.9 Å². The van der Waals surface area contributed by atoms with Gasteiger partial charge in [0.05, 0.1) is 4.88 Å². The van der Waals surface area contributed by atoms with Gasteiger partial charge in [-0.15, -0.1) is 11.3 Å². The molecule has 1 heterocycles. The standard InChI is InChI=1S/C13H13N3O3S/c14-12(16-18)8-19-10-5-3-9(4-6-10)15-13(17)11-2-1-7-20-11/h1-7,18H,8H2,(H2,14,16)(H,15,17). The van der Waals surface area contributed by atoms with Crippen LogP contribution in [0.3, 0.4) is 0 Å². The number of amidine groups is 1. The average molecular weight is 291 g/mol. The summed E-state index contributed by atoms with van der Waals surface area (Å²) in [6, 6.07) is 10.4. The van der Waals surface area contributed by atoms with Crippen LogP contribution in [-0.2, 0) is 0 Å². The van der Waals surface area contributed by atoms with Gasteiger partial charge in [-0.05, 0) is 35.7 Å². The van der Waals surface area contributed by atoms with Crippen molar-refractivity contribution in [3.8, 4) is 5.75 Å². The zero-order valence-electron chi connectivity index (χ0n) is 10.4. The number of amides is 1. The Kier molecular flexibility index (Phi) is 4.56. The lowest BCUT2D eigenvalue weighted by molar-refractivity contribution is 0.103. The molecule has 2 rings (SSSR count). The summed E-state index contributed by atoms with van der Waals surface area (Å²) in [6.07, 6.45) is 0. The fourth-order valence-electron chi connectivity index (χ4n) is 1.42. The summed E-state index contributed by atoms with van der Waals surface area (Å²) in [4.78, 5) is 12.5. The fourth-order valence-corrected chi connectivity index (χ4v) is 2.04. The lowest BCUT2D eigenvalue weighted by Gasteiger charge is -2.07. The minimum absolute atomic E-state index is 0.00258. The van der Waals surface area contributed by atoms with Gasteiger partial charge in [0, 0.05) is 5.69 Å². The highest BCUT2D eigenvalue weighted by Gasteiger charge is 2.06. The molecule has 0 aliphatic rings. The number of nitrogens with zero attached hydrogens (tertiary/aromatic N) is 1. The molecule has 1 aromatic heterocycles. The first kappa shape index (κ1) is 13.9. The SMILES string of the molecule is N/C(COc1ccc(NC(=O)c2cccs2)cc1)=N\O. The van der Waals surface area contributed by atoms with Crippen LogP contribution in [0.2, 0.25) is 0 Å². The lowest BCUT2D eigenvalue weighted by Crippen LogP contribution is -2.20. The van der Waals surface area contributed by atoms with Gasteiger partial charge in [-0.3, -0.25) is 4.79 Å². The average Bonchev–Trinajstić information content (AvgIpc) is 3.00. The van der Waals surface area contributed by atoms with E-state index >= 15 is 0 Å². The molecule has 4 N–H and O–H groups in total. The second kappa shape index (κ2) is 6.58. The largest absolute Gasteiger partial charge is 0.486 e. The van der Waals surface area contributed by atoms with Crippen molar-refractivity contribution < 1.29 is 14.7 Å². The molecule has 2 aromatic rings. The Bertz CT molecular complexity index is 594. The molecule has 0 bridgehead atoms. The van der Waals surface area contributed by atoms with Gasteiger partial charge < -0.3 is 21.0 Å². The summed E-state index contributed by atoms with van der Waals surface area (Å²) in [6.45, 7) is -0.00258. The number of ether oxygens (including phenoxy) is 1. The van der Waals surface area contributed by atoms with Gasteiger partial charge in [-0.25, -0.2) is 0 Å². The summed E-state index contributed by atoms with van der Waals surface area (Å²) in [5.41, 5.74) is 5.96. The van der Waals surface area contributed by atoms with E-state index in [0.29, 0.717) is 16.3 Å². The first-order valence-electron chi connectivity index (χ1n) is 5.73. The molecule has 0 fully saturated rings. The molecule has 0 aliphatic carbocycles. The molecule has 104 valence electrons. The van der Waals surface area contributed by atoms with Crippen LogP contribution < -0.4 is 15.8 Å². The molecule has 0 spiro atoms. The van der Waals surface area contributed by atoms with Crippen LogP contribution in [0.1, 0.15) is 9.67 Å². The third kappa shape index (κ3) is 3.72. The third-order valence-electron chi connectivity index (χ3n) is 2.37. The molecule has 1 aromatic carbocycles. The van der Waals surface area contributed by atoms with Crippen molar-refractivity contribution in [2.45, 2.75) is 0 Å². The highest BCUT2D eigenvalue weighted by Crippen LogP contribution is 2.17. The molecule has 7 heteroatoms. The van der Waals surface area contributed by atoms with E-state index in [4.69, 9.17) is 15.7 Å². The Morgan fingerprint density at radius 3 is 2.70 bits per heavy atom.